The fourth-order valence-corrected chi connectivity index (χ4v) is 2.73. The predicted molar refractivity (Wildman–Crippen MR) is 77.7 cm³/mol. The number of ether oxygens (including phenoxy) is 1. The molecule has 5 nitrogen and oxygen atoms in total. The van der Waals surface area contributed by atoms with Crippen molar-refractivity contribution < 1.29 is 9.66 Å². The minimum absolute atomic E-state index is 0.0915. The number of nitrogens with one attached hydrogen (secondary N) is 1. The predicted octanol–water partition coefficient (Wildman–Crippen LogP) is 3.20. The molecule has 2 rings (SSSR count). The summed E-state index contributed by atoms with van der Waals surface area (Å²) in [6.07, 6.45) is 1.93. The van der Waals surface area contributed by atoms with Crippen molar-refractivity contribution in [3.05, 3.63) is 39.9 Å². The van der Waals surface area contributed by atoms with Crippen molar-refractivity contribution in [2.75, 3.05) is 6.61 Å². The topological polar surface area (TPSA) is 64.4 Å². The van der Waals surface area contributed by atoms with E-state index in [2.05, 4.69) is 19.2 Å². The number of rotatable bonds is 4. The van der Waals surface area contributed by atoms with Gasteiger partial charge >= 0.3 is 0 Å². The van der Waals surface area contributed by atoms with Crippen LogP contribution in [-0.2, 0) is 4.74 Å². The SMILES string of the molecule is CC(NC1CCOC(C)(C)C1)c1cccc([N+](=O)[O-])c1. The minimum Gasteiger partial charge on any atom is -0.375 e. The van der Waals surface area contributed by atoms with E-state index in [1.54, 1.807) is 12.1 Å². The molecule has 0 aromatic heterocycles. The van der Waals surface area contributed by atoms with Crippen molar-refractivity contribution in [1.29, 1.82) is 0 Å². The maximum absolute atomic E-state index is 10.8. The van der Waals surface area contributed by atoms with E-state index in [-0.39, 0.29) is 22.3 Å². The molecule has 2 unspecified atom stereocenters. The van der Waals surface area contributed by atoms with Crippen LogP contribution in [0.15, 0.2) is 24.3 Å². The van der Waals surface area contributed by atoms with Crippen LogP contribution in [0.1, 0.15) is 45.2 Å². The zero-order valence-electron chi connectivity index (χ0n) is 12.3. The summed E-state index contributed by atoms with van der Waals surface area (Å²) < 4.78 is 5.70. The Kier molecular flexibility index (Phi) is 4.40. The van der Waals surface area contributed by atoms with Crippen LogP contribution in [0.25, 0.3) is 0 Å². The third kappa shape index (κ3) is 3.77. The average Bonchev–Trinajstić information content (AvgIpc) is 2.37. The van der Waals surface area contributed by atoms with Gasteiger partial charge in [-0.2, -0.15) is 0 Å². The first kappa shape index (κ1) is 14.9. The van der Waals surface area contributed by atoms with Gasteiger partial charge in [-0.15, -0.1) is 0 Å². The first-order valence-corrected chi connectivity index (χ1v) is 7.02. The molecule has 5 heteroatoms. The normalized spacial score (nSPS) is 23.2. The molecule has 0 radical (unpaired) electrons. The van der Waals surface area contributed by atoms with E-state index in [1.165, 1.54) is 6.07 Å². The lowest BCUT2D eigenvalue weighted by Gasteiger charge is -2.37. The summed E-state index contributed by atoms with van der Waals surface area (Å²) in [5.41, 5.74) is 0.991. The molecule has 0 amide bonds. The van der Waals surface area contributed by atoms with Crippen LogP contribution < -0.4 is 5.32 Å². The van der Waals surface area contributed by atoms with Crippen molar-refractivity contribution in [1.82, 2.24) is 5.32 Å². The van der Waals surface area contributed by atoms with E-state index in [1.807, 2.05) is 13.0 Å². The molecule has 2 atom stereocenters. The molecular formula is C15H22N2O3. The van der Waals surface area contributed by atoms with Crippen molar-refractivity contribution in [2.45, 2.75) is 51.3 Å². The monoisotopic (exact) mass is 278 g/mol. The maximum atomic E-state index is 10.8. The van der Waals surface area contributed by atoms with Gasteiger partial charge in [-0.1, -0.05) is 12.1 Å². The first-order chi connectivity index (χ1) is 9.37. The molecule has 1 N–H and O–H groups in total. The number of nitrogens with zero attached hydrogens (tertiary/aromatic N) is 1. The summed E-state index contributed by atoms with van der Waals surface area (Å²) in [6.45, 7) is 6.99. The van der Waals surface area contributed by atoms with Gasteiger partial charge in [0.25, 0.3) is 5.69 Å². The van der Waals surface area contributed by atoms with Gasteiger partial charge in [0, 0.05) is 30.8 Å². The van der Waals surface area contributed by atoms with Gasteiger partial charge in [0.05, 0.1) is 10.5 Å². The maximum Gasteiger partial charge on any atom is 0.269 e. The van der Waals surface area contributed by atoms with Gasteiger partial charge in [0.2, 0.25) is 0 Å². The van der Waals surface area contributed by atoms with E-state index < -0.39 is 0 Å². The molecule has 1 aromatic rings. The standard InChI is InChI=1S/C15H22N2O3/c1-11(12-5-4-6-14(9-12)17(18)19)16-13-7-8-20-15(2,3)10-13/h4-6,9,11,13,16H,7-8,10H2,1-3H3. The Bertz CT molecular complexity index is 488. The molecule has 1 aliphatic heterocycles. The summed E-state index contributed by atoms with van der Waals surface area (Å²) in [5, 5.41) is 14.4. The lowest BCUT2D eigenvalue weighted by molar-refractivity contribution is -0.384. The molecule has 0 spiro atoms. The molecule has 1 aromatic carbocycles. The van der Waals surface area contributed by atoms with Crippen LogP contribution in [-0.4, -0.2) is 23.2 Å². The second-order valence-electron chi connectivity index (χ2n) is 6.04. The second kappa shape index (κ2) is 5.89. The van der Waals surface area contributed by atoms with Crippen molar-refractivity contribution >= 4 is 5.69 Å². The van der Waals surface area contributed by atoms with Crippen LogP contribution in [0.3, 0.4) is 0 Å². The smallest absolute Gasteiger partial charge is 0.269 e. The van der Waals surface area contributed by atoms with Gasteiger partial charge < -0.3 is 10.1 Å². The fraction of sp³-hybridized carbons (Fsp3) is 0.600. The van der Waals surface area contributed by atoms with Gasteiger partial charge in [0.1, 0.15) is 0 Å². The molecule has 1 aliphatic rings. The molecule has 0 saturated carbocycles. The highest BCUT2D eigenvalue weighted by Gasteiger charge is 2.29. The Morgan fingerprint density at radius 3 is 2.90 bits per heavy atom. The Balaban J connectivity index is 2.02. The van der Waals surface area contributed by atoms with E-state index in [0.717, 1.165) is 25.0 Å². The zero-order chi connectivity index (χ0) is 14.8. The van der Waals surface area contributed by atoms with Crippen molar-refractivity contribution in [3.63, 3.8) is 0 Å². The molecule has 110 valence electrons. The number of non-ortho nitro benzene ring substituents is 1. The van der Waals surface area contributed by atoms with Crippen molar-refractivity contribution in [3.8, 4) is 0 Å². The largest absolute Gasteiger partial charge is 0.375 e. The lowest BCUT2D eigenvalue weighted by Crippen LogP contribution is -2.44. The number of hydrogen-bond donors (Lipinski definition) is 1. The molecule has 1 heterocycles. The first-order valence-electron chi connectivity index (χ1n) is 7.02. The number of nitro benzene ring substituents is 1. The number of benzene rings is 1. The van der Waals surface area contributed by atoms with Crippen LogP contribution in [0.2, 0.25) is 0 Å². The Hall–Kier alpha value is -1.46. The Labute approximate surface area is 119 Å². The Morgan fingerprint density at radius 2 is 2.25 bits per heavy atom. The molecule has 1 saturated heterocycles. The summed E-state index contributed by atoms with van der Waals surface area (Å²) >= 11 is 0. The fourth-order valence-electron chi connectivity index (χ4n) is 2.73. The van der Waals surface area contributed by atoms with Crippen LogP contribution in [0.5, 0.6) is 0 Å². The summed E-state index contributed by atoms with van der Waals surface area (Å²) in [6, 6.07) is 7.30. The highest BCUT2D eigenvalue weighted by Crippen LogP contribution is 2.26. The van der Waals surface area contributed by atoms with Crippen molar-refractivity contribution in [2.24, 2.45) is 0 Å². The van der Waals surface area contributed by atoms with Gasteiger partial charge in [-0.3, -0.25) is 10.1 Å². The number of hydrogen-bond acceptors (Lipinski definition) is 4. The summed E-state index contributed by atoms with van der Waals surface area (Å²) in [4.78, 5) is 10.5. The average molecular weight is 278 g/mol. The number of nitro groups is 1. The summed E-state index contributed by atoms with van der Waals surface area (Å²) in [7, 11) is 0. The molecule has 20 heavy (non-hydrogen) atoms. The third-order valence-corrected chi connectivity index (χ3v) is 3.76. The molecule has 1 fully saturated rings. The second-order valence-corrected chi connectivity index (χ2v) is 6.04. The molecule has 0 bridgehead atoms. The highest BCUT2D eigenvalue weighted by atomic mass is 16.6. The minimum atomic E-state index is -0.353. The van der Waals surface area contributed by atoms with E-state index in [4.69, 9.17) is 4.74 Å². The molecular weight excluding hydrogens is 256 g/mol. The van der Waals surface area contributed by atoms with Gasteiger partial charge in [0.15, 0.2) is 0 Å². The van der Waals surface area contributed by atoms with Crippen LogP contribution in [0.4, 0.5) is 5.69 Å². The van der Waals surface area contributed by atoms with E-state index in [0.29, 0.717) is 6.04 Å². The quantitative estimate of drug-likeness (QED) is 0.678. The Morgan fingerprint density at radius 1 is 1.50 bits per heavy atom. The van der Waals surface area contributed by atoms with E-state index in [9.17, 15) is 10.1 Å². The van der Waals surface area contributed by atoms with E-state index >= 15 is 0 Å². The van der Waals surface area contributed by atoms with Crippen LogP contribution in [0, 0.1) is 10.1 Å². The highest BCUT2D eigenvalue weighted by molar-refractivity contribution is 5.35. The van der Waals surface area contributed by atoms with Gasteiger partial charge in [-0.25, -0.2) is 0 Å². The third-order valence-electron chi connectivity index (χ3n) is 3.76. The molecule has 0 aliphatic carbocycles. The lowest BCUT2D eigenvalue weighted by atomic mass is 9.93. The summed E-state index contributed by atoms with van der Waals surface area (Å²) in [5.74, 6) is 0. The van der Waals surface area contributed by atoms with Gasteiger partial charge in [-0.05, 0) is 39.2 Å². The zero-order valence-corrected chi connectivity index (χ0v) is 12.3. The van der Waals surface area contributed by atoms with Crippen LogP contribution >= 0.6 is 0 Å².